The van der Waals surface area contributed by atoms with Crippen LogP contribution in [0.2, 0.25) is 0 Å². The van der Waals surface area contributed by atoms with Crippen molar-refractivity contribution in [1.82, 2.24) is 14.9 Å². The van der Waals surface area contributed by atoms with E-state index in [0.717, 1.165) is 29.4 Å². The van der Waals surface area contributed by atoms with Gasteiger partial charge in [-0.25, -0.2) is 14.4 Å². The third-order valence-corrected chi connectivity index (χ3v) is 5.82. The van der Waals surface area contributed by atoms with Gasteiger partial charge in [-0.3, -0.25) is 4.98 Å². The zero-order chi connectivity index (χ0) is 30.4. The van der Waals surface area contributed by atoms with Crippen molar-refractivity contribution in [2.75, 3.05) is 13.2 Å². The highest BCUT2D eigenvalue weighted by Crippen LogP contribution is 2.27. The van der Waals surface area contributed by atoms with Gasteiger partial charge in [0.05, 0.1) is 36.2 Å². The molecule has 0 saturated carbocycles. The quantitative estimate of drug-likeness (QED) is 0.305. The van der Waals surface area contributed by atoms with Crippen molar-refractivity contribution < 1.29 is 60.4 Å². The first-order chi connectivity index (χ1) is 19.2. The Labute approximate surface area is 227 Å². The molecular weight excluding hydrogens is 568 g/mol. The number of carbonyl (C=O) groups excluding carboxylic acids is 1. The molecule has 222 valence electrons. The van der Waals surface area contributed by atoms with E-state index in [0.29, 0.717) is 18.8 Å². The monoisotopic (exact) mass is 591 g/mol. The highest BCUT2D eigenvalue weighted by atomic mass is 19.4. The topological polar surface area (TPSA) is 140 Å². The third-order valence-electron chi connectivity index (χ3n) is 5.82. The second kappa shape index (κ2) is 13.0. The number of hydrogen-bond acceptors (Lipinski definition) is 7. The number of esters is 1. The highest BCUT2D eigenvalue weighted by molar-refractivity contribution is 6.05. The van der Waals surface area contributed by atoms with Crippen molar-refractivity contribution in [3.63, 3.8) is 0 Å². The number of benzene rings is 1. The zero-order valence-electron chi connectivity index (χ0n) is 20.9. The molecule has 10 nitrogen and oxygen atoms in total. The van der Waals surface area contributed by atoms with E-state index >= 15 is 0 Å². The van der Waals surface area contributed by atoms with Gasteiger partial charge in [0.15, 0.2) is 0 Å². The number of aromatic nitrogens is 2. The van der Waals surface area contributed by atoms with E-state index < -0.39 is 24.3 Å². The van der Waals surface area contributed by atoms with Gasteiger partial charge in [-0.15, -0.1) is 0 Å². The number of carboxylic acid groups (broad SMARTS) is 2. The number of carboxylic acids is 2. The number of para-hydroxylation sites is 1. The maximum Gasteiger partial charge on any atom is 0.490 e. The summed E-state index contributed by atoms with van der Waals surface area (Å²) in [6.45, 7) is 1.37. The van der Waals surface area contributed by atoms with Crippen molar-refractivity contribution in [2.24, 2.45) is 0 Å². The van der Waals surface area contributed by atoms with E-state index in [2.05, 4.69) is 10.3 Å². The predicted molar refractivity (Wildman–Crippen MR) is 128 cm³/mol. The number of piperidine rings is 1. The molecule has 5 rings (SSSR count). The van der Waals surface area contributed by atoms with Crippen LogP contribution < -0.4 is 5.32 Å². The van der Waals surface area contributed by atoms with Crippen molar-refractivity contribution in [2.45, 2.75) is 43.4 Å². The van der Waals surface area contributed by atoms with Crippen LogP contribution >= 0.6 is 0 Å². The van der Waals surface area contributed by atoms with Crippen LogP contribution in [0.5, 0.6) is 0 Å². The average molecular weight is 591 g/mol. The van der Waals surface area contributed by atoms with Gasteiger partial charge in [0.2, 0.25) is 0 Å². The minimum atomic E-state index is -5.08. The lowest BCUT2D eigenvalue weighted by atomic mass is 9.94. The van der Waals surface area contributed by atoms with Gasteiger partial charge in [0.1, 0.15) is 6.10 Å². The molecule has 2 bridgehead atoms. The number of halogens is 6. The Bertz CT molecular complexity index is 1330. The van der Waals surface area contributed by atoms with Crippen LogP contribution in [0.4, 0.5) is 26.3 Å². The fraction of sp³-hybridized carbons (Fsp3) is 0.360. The van der Waals surface area contributed by atoms with Crippen LogP contribution in [-0.4, -0.2) is 81.4 Å². The Morgan fingerprint density at radius 1 is 0.927 bits per heavy atom. The van der Waals surface area contributed by atoms with Gasteiger partial charge in [0, 0.05) is 42.7 Å². The van der Waals surface area contributed by atoms with Crippen LogP contribution in [-0.2, 0) is 19.1 Å². The van der Waals surface area contributed by atoms with Gasteiger partial charge in [-0.1, -0.05) is 18.2 Å². The highest BCUT2D eigenvalue weighted by Gasteiger charge is 2.39. The molecule has 16 heteroatoms. The van der Waals surface area contributed by atoms with Crippen LogP contribution in [0.1, 0.15) is 23.2 Å². The third kappa shape index (κ3) is 8.65. The molecule has 2 saturated heterocycles. The molecule has 3 N–H and O–H groups in total. The fourth-order valence-electron chi connectivity index (χ4n) is 4.15. The summed E-state index contributed by atoms with van der Waals surface area (Å²) in [5.41, 5.74) is 2.48. The van der Waals surface area contributed by atoms with Crippen molar-refractivity contribution in [3.8, 4) is 5.69 Å². The Kier molecular flexibility index (Phi) is 9.93. The van der Waals surface area contributed by atoms with Gasteiger partial charge in [-0.2, -0.15) is 26.3 Å². The second-order valence-electron chi connectivity index (χ2n) is 8.84. The number of nitrogens with one attached hydrogen (secondary N) is 1. The summed E-state index contributed by atoms with van der Waals surface area (Å²) in [5, 5.41) is 18.7. The SMILES string of the molecule is O=C(O)C(F)(F)F.O=C(O)C(F)(F)F.O=C(OC1CC2COCC(C1)N2)c1cn(-c2cccnc2)c2ccccc12. The second-order valence-corrected chi connectivity index (χ2v) is 8.84. The van der Waals surface area contributed by atoms with Gasteiger partial charge >= 0.3 is 30.3 Å². The average Bonchev–Trinajstić information content (AvgIpc) is 3.29. The van der Waals surface area contributed by atoms with E-state index in [-0.39, 0.29) is 24.2 Å². The number of alkyl halides is 6. The molecule has 0 aliphatic carbocycles. The molecule has 41 heavy (non-hydrogen) atoms. The first-order valence-electron chi connectivity index (χ1n) is 11.8. The lowest BCUT2D eigenvalue weighted by molar-refractivity contribution is -0.193. The predicted octanol–water partition coefficient (Wildman–Crippen LogP) is 3.97. The smallest absolute Gasteiger partial charge is 0.475 e. The summed E-state index contributed by atoms with van der Waals surface area (Å²) in [7, 11) is 0. The summed E-state index contributed by atoms with van der Waals surface area (Å²) in [6.07, 6.45) is -3.27. The van der Waals surface area contributed by atoms with E-state index in [1.54, 1.807) is 12.4 Å². The summed E-state index contributed by atoms with van der Waals surface area (Å²) in [5.74, 6) is -5.78. The molecule has 2 aliphatic rings. The Morgan fingerprint density at radius 2 is 1.49 bits per heavy atom. The first-order valence-corrected chi connectivity index (χ1v) is 11.8. The molecule has 2 fully saturated rings. The summed E-state index contributed by atoms with van der Waals surface area (Å²) in [6, 6.07) is 12.3. The van der Waals surface area contributed by atoms with E-state index in [9.17, 15) is 31.1 Å². The molecule has 3 aromatic rings. The maximum absolute atomic E-state index is 13.0. The van der Waals surface area contributed by atoms with Gasteiger partial charge in [0.25, 0.3) is 0 Å². The zero-order valence-corrected chi connectivity index (χ0v) is 20.9. The van der Waals surface area contributed by atoms with Gasteiger partial charge in [-0.05, 0) is 18.2 Å². The number of carbonyl (C=O) groups is 3. The summed E-state index contributed by atoms with van der Waals surface area (Å²) < 4.78 is 76.9. The van der Waals surface area contributed by atoms with Crippen molar-refractivity contribution in [1.29, 1.82) is 0 Å². The molecule has 2 atom stereocenters. The van der Waals surface area contributed by atoms with Gasteiger partial charge < -0.3 is 29.6 Å². The lowest BCUT2D eigenvalue weighted by Gasteiger charge is -2.39. The Hall–Kier alpha value is -4.18. The summed E-state index contributed by atoms with van der Waals surface area (Å²) in [4.78, 5) is 35.0. The number of nitrogens with zero attached hydrogens (tertiary/aromatic N) is 2. The first kappa shape index (κ1) is 31.3. The molecule has 2 unspecified atom stereocenters. The van der Waals surface area contributed by atoms with Crippen molar-refractivity contribution in [3.05, 3.63) is 60.6 Å². The molecule has 0 spiro atoms. The molecular formula is C25H23F6N3O7. The Morgan fingerprint density at radius 3 is 2.00 bits per heavy atom. The largest absolute Gasteiger partial charge is 0.490 e. The van der Waals surface area contributed by atoms with E-state index in [4.69, 9.17) is 29.3 Å². The minimum Gasteiger partial charge on any atom is -0.475 e. The molecule has 2 aliphatic heterocycles. The Balaban J connectivity index is 0.000000276. The summed E-state index contributed by atoms with van der Waals surface area (Å²) >= 11 is 0. The van der Waals surface area contributed by atoms with Crippen molar-refractivity contribution >= 4 is 28.8 Å². The molecule has 0 amide bonds. The lowest BCUT2D eigenvalue weighted by Crippen LogP contribution is -2.56. The normalized spacial score (nSPS) is 20.1. The maximum atomic E-state index is 13.0. The molecule has 1 aromatic carbocycles. The molecule has 0 radical (unpaired) electrons. The van der Waals surface area contributed by atoms with Crippen LogP contribution in [0.15, 0.2) is 55.0 Å². The number of aliphatic carboxylic acids is 2. The van der Waals surface area contributed by atoms with Crippen LogP contribution in [0.25, 0.3) is 16.6 Å². The number of ether oxygens (including phenoxy) is 2. The number of rotatable bonds is 3. The van der Waals surface area contributed by atoms with Crippen LogP contribution in [0, 0.1) is 0 Å². The number of pyridine rings is 1. The molecule has 4 heterocycles. The minimum absolute atomic E-state index is 0.0712. The fourth-order valence-corrected chi connectivity index (χ4v) is 4.15. The van der Waals surface area contributed by atoms with E-state index in [1.165, 1.54) is 0 Å². The standard InChI is InChI=1S/C21H21N3O3.2C2HF3O2/c25-21(27-17-8-14-12-26-13-15(9-17)23-14)19-11-24(16-4-3-7-22-10-16)20-6-2-1-5-18(19)20;2*3-2(4,5)1(6)7/h1-7,10-11,14-15,17,23H,8-9,12-13H2;2*(H,6,7). The number of hydrogen-bond donors (Lipinski definition) is 3. The van der Waals surface area contributed by atoms with Crippen LogP contribution in [0.3, 0.4) is 0 Å². The number of fused-ring (bicyclic) bond motifs is 3. The number of morpholine rings is 1. The molecule has 2 aromatic heterocycles. The van der Waals surface area contributed by atoms with E-state index in [1.807, 2.05) is 47.2 Å².